The van der Waals surface area contributed by atoms with Crippen molar-refractivity contribution in [3.63, 3.8) is 0 Å². The van der Waals surface area contributed by atoms with Gasteiger partial charge in [0.1, 0.15) is 0 Å². The van der Waals surface area contributed by atoms with Gasteiger partial charge in [-0.1, -0.05) is 55.0 Å². The van der Waals surface area contributed by atoms with Crippen LogP contribution in [0.3, 0.4) is 0 Å². The highest BCUT2D eigenvalue weighted by molar-refractivity contribution is 5.94. The van der Waals surface area contributed by atoms with Crippen LogP contribution in [0.4, 0.5) is 0 Å². The molecule has 6 heteroatoms. The number of nitrogens with zero attached hydrogens (tertiary/aromatic N) is 4. The quantitative estimate of drug-likeness (QED) is 0.571. The van der Waals surface area contributed by atoms with Crippen LogP contribution < -0.4 is 5.32 Å². The lowest BCUT2D eigenvalue weighted by Gasteiger charge is -2.35. The van der Waals surface area contributed by atoms with Crippen LogP contribution in [-0.4, -0.2) is 65.3 Å². The zero-order valence-corrected chi connectivity index (χ0v) is 20.1. The Bertz CT molecular complexity index is 1090. The van der Waals surface area contributed by atoms with E-state index in [9.17, 15) is 4.79 Å². The maximum absolute atomic E-state index is 13.7. The van der Waals surface area contributed by atoms with E-state index in [0.717, 1.165) is 75.2 Å². The number of carbonyl (C=O) groups is 1. The van der Waals surface area contributed by atoms with Gasteiger partial charge in [0.25, 0.3) is 5.91 Å². The van der Waals surface area contributed by atoms with Gasteiger partial charge in [0.15, 0.2) is 5.69 Å². The van der Waals surface area contributed by atoms with Crippen molar-refractivity contribution < 1.29 is 4.79 Å². The van der Waals surface area contributed by atoms with E-state index in [2.05, 4.69) is 58.6 Å². The Morgan fingerprint density at radius 2 is 1.59 bits per heavy atom. The highest BCUT2D eigenvalue weighted by atomic mass is 16.2. The van der Waals surface area contributed by atoms with Crippen LogP contribution in [0.2, 0.25) is 0 Å². The van der Waals surface area contributed by atoms with Crippen molar-refractivity contribution in [1.82, 2.24) is 24.9 Å². The number of fused-ring (bicyclic) bond motifs is 1. The van der Waals surface area contributed by atoms with E-state index in [4.69, 9.17) is 5.10 Å². The van der Waals surface area contributed by atoms with E-state index in [1.165, 1.54) is 12.1 Å². The van der Waals surface area contributed by atoms with Crippen molar-refractivity contribution in [3.8, 4) is 5.69 Å². The van der Waals surface area contributed by atoms with Crippen molar-refractivity contribution in [1.29, 1.82) is 0 Å². The molecule has 1 aliphatic heterocycles. The Labute approximate surface area is 202 Å². The summed E-state index contributed by atoms with van der Waals surface area (Å²) in [4.78, 5) is 18.6. The van der Waals surface area contributed by atoms with E-state index in [-0.39, 0.29) is 11.9 Å². The number of rotatable bonds is 6. The third kappa shape index (κ3) is 5.08. The molecule has 0 saturated carbocycles. The number of aromatic nitrogens is 2. The zero-order chi connectivity index (χ0) is 23.3. The monoisotopic (exact) mass is 457 g/mol. The fourth-order valence-electron chi connectivity index (χ4n) is 5.18. The van der Waals surface area contributed by atoms with Gasteiger partial charge >= 0.3 is 0 Å². The molecule has 0 radical (unpaired) electrons. The lowest BCUT2D eigenvalue weighted by atomic mass is 10.0. The Morgan fingerprint density at radius 3 is 2.32 bits per heavy atom. The number of piperazine rings is 1. The summed E-state index contributed by atoms with van der Waals surface area (Å²) >= 11 is 0. The average molecular weight is 458 g/mol. The number of nitrogens with one attached hydrogen (secondary N) is 1. The molecule has 5 rings (SSSR count). The minimum atomic E-state index is -0.0691. The highest BCUT2D eigenvalue weighted by Crippen LogP contribution is 2.27. The largest absolute Gasteiger partial charge is 0.343 e. The van der Waals surface area contributed by atoms with E-state index in [1.807, 2.05) is 28.9 Å². The molecular formula is C28H35N5O. The second-order valence-electron chi connectivity index (χ2n) is 9.62. The van der Waals surface area contributed by atoms with Crippen LogP contribution in [0.25, 0.3) is 5.69 Å². The lowest BCUT2D eigenvalue weighted by molar-refractivity contribution is 0.0901. The van der Waals surface area contributed by atoms with E-state index in [0.29, 0.717) is 5.69 Å². The van der Waals surface area contributed by atoms with Crippen LogP contribution in [0.5, 0.6) is 0 Å². The Kier molecular flexibility index (Phi) is 7.07. The highest BCUT2D eigenvalue weighted by Gasteiger charge is 2.27. The maximum Gasteiger partial charge on any atom is 0.272 e. The van der Waals surface area contributed by atoms with Gasteiger partial charge in [-0.2, -0.15) is 5.10 Å². The molecule has 1 N–H and O–H groups in total. The minimum Gasteiger partial charge on any atom is -0.343 e. The van der Waals surface area contributed by atoms with Crippen LogP contribution in [-0.2, 0) is 12.8 Å². The van der Waals surface area contributed by atoms with Crippen molar-refractivity contribution in [3.05, 3.63) is 83.2 Å². The van der Waals surface area contributed by atoms with Crippen LogP contribution >= 0.6 is 0 Å². The summed E-state index contributed by atoms with van der Waals surface area (Å²) in [6, 6.07) is 20.5. The Morgan fingerprint density at radius 1 is 0.912 bits per heavy atom. The molecule has 1 aliphatic carbocycles. The molecule has 0 spiro atoms. The van der Waals surface area contributed by atoms with E-state index in [1.54, 1.807) is 0 Å². The third-order valence-electron chi connectivity index (χ3n) is 7.19. The molecule has 1 saturated heterocycles. The summed E-state index contributed by atoms with van der Waals surface area (Å²) in [5, 5.41) is 8.26. The molecule has 1 unspecified atom stereocenters. The first-order valence-corrected chi connectivity index (χ1v) is 12.6. The number of hydrogen-bond acceptors (Lipinski definition) is 4. The Hall–Kier alpha value is -2.96. The first-order valence-electron chi connectivity index (χ1n) is 12.6. The predicted octanol–water partition coefficient (Wildman–Crippen LogP) is 3.86. The van der Waals surface area contributed by atoms with Gasteiger partial charge in [-0.3, -0.25) is 9.69 Å². The lowest BCUT2D eigenvalue weighted by Crippen LogP contribution is -2.48. The number of likely N-dealkylation sites (N-methyl/N-ethyl adjacent to an activating group) is 1. The molecule has 0 bridgehead atoms. The van der Waals surface area contributed by atoms with Gasteiger partial charge in [-0.25, -0.2) is 4.68 Å². The first kappa shape index (κ1) is 22.8. The standard InChI is InChI=1S/C28H35N5O/c1-31-17-19-32(20-18-31)21-25(22-11-5-2-6-12-22)29-28(34)27-24-15-9-4-10-16-26(24)33(30-27)23-13-7-3-8-14-23/h2-3,5-8,11-14,25H,4,9-10,15-21H2,1H3,(H,29,34). The summed E-state index contributed by atoms with van der Waals surface area (Å²) in [5.41, 5.74) is 5.09. The zero-order valence-electron chi connectivity index (χ0n) is 20.1. The van der Waals surface area contributed by atoms with Gasteiger partial charge in [-0.15, -0.1) is 0 Å². The van der Waals surface area contributed by atoms with Gasteiger partial charge in [0, 0.05) is 44.0 Å². The molecule has 6 nitrogen and oxygen atoms in total. The van der Waals surface area contributed by atoms with Gasteiger partial charge in [-0.05, 0) is 50.4 Å². The molecule has 2 aliphatic rings. The van der Waals surface area contributed by atoms with Gasteiger partial charge in [0.2, 0.25) is 0 Å². The maximum atomic E-state index is 13.7. The van der Waals surface area contributed by atoms with Crippen molar-refractivity contribution in [2.75, 3.05) is 39.8 Å². The molecule has 1 atom stereocenters. The van der Waals surface area contributed by atoms with Gasteiger partial charge in [0.05, 0.1) is 11.7 Å². The minimum absolute atomic E-state index is 0.0594. The molecular weight excluding hydrogens is 422 g/mol. The predicted molar refractivity (Wildman–Crippen MR) is 135 cm³/mol. The number of hydrogen-bond donors (Lipinski definition) is 1. The number of benzene rings is 2. The average Bonchev–Trinajstić information content (AvgIpc) is 3.07. The van der Waals surface area contributed by atoms with Gasteiger partial charge < -0.3 is 10.2 Å². The normalized spacial score (nSPS) is 18.1. The fourth-order valence-corrected chi connectivity index (χ4v) is 5.18. The second-order valence-corrected chi connectivity index (χ2v) is 9.62. The van der Waals surface area contributed by atoms with Crippen LogP contribution in [0.1, 0.15) is 52.6 Å². The molecule has 3 aromatic rings. The summed E-state index contributed by atoms with van der Waals surface area (Å²) in [6.07, 6.45) is 5.33. The van der Waals surface area contributed by atoms with Crippen molar-refractivity contribution in [2.24, 2.45) is 0 Å². The van der Waals surface area contributed by atoms with Crippen molar-refractivity contribution >= 4 is 5.91 Å². The molecule has 34 heavy (non-hydrogen) atoms. The second kappa shape index (κ2) is 10.5. The van der Waals surface area contributed by atoms with Crippen molar-refractivity contribution in [2.45, 2.75) is 38.1 Å². The summed E-state index contributed by atoms with van der Waals surface area (Å²) in [7, 11) is 2.17. The molecule has 1 amide bonds. The summed E-state index contributed by atoms with van der Waals surface area (Å²) in [6.45, 7) is 4.97. The number of para-hydroxylation sites is 1. The van der Waals surface area contributed by atoms with Crippen LogP contribution in [0, 0.1) is 0 Å². The molecule has 1 fully saturated rings. The first-order chi connectivity index (χ1) is 16.7. The molecule has 2 aromatic carbocycles. The van der Waals surface area contributed by atoms with E-state index >= 15 is 0 Å². The molecule has 1 aromatic heterocycles. The number of carbonyl (C=O) groups excluding carboxylic acids is 1. The molecule has 178 valence electrons. The third-order valence-corrected chi connectivity index (χ3v) is 7.19. The number of amides is 1. The topological polar surface area (TPSA) is 53.4 Å². The van der Waals surface area contributed by atoms with E-state index < -0.39 is 0 Å². The molecule has 2 heterocycles. The summed E-state index contributed by atoms with van der Waals surface area (Å²) in [5.74, 6) is -0.0594. The Balaban J connectivity index is 1.43. The smallest absolute Gasteiger partial charge is 0.272 e. The van der Waals surface area contributed by atoms with Crippen LogP contribution in [0.15, 0.2) is 60.7 Å². The fraction of sp³-hybridized carbons (Fsp3) is 0.429. The summed E-state index contributed by atoms with van der Waals surface area (Å²) < 4.78 is 2.01. The SMILES string of the molecule is CN1CCN(CC(NC(=O)c2nn(-c3ccccc3)c3c2CCCCC3)c2ccccc2)CC1.